The summed E-state index contributed by atoms with van der Waals surface area (Å²) in [6.07, 6.45) is 0. The molecule has 0 spiro atoms. The highest BCUT2D eigenvalue weighted by Crippen LogP contribution is 2.37. The van der Waals surface area contributed by atoms with Crippen molar-refractivity contribution in [3.8, 4) is 0 Å². The van der Waals surface area contributed by atoms with Crippen LogP contribution in [0.3, 0.4) is 0 Å². The predicted molar refractivity (Wildman–Crippen MR) is 112 cm³/mol. The molecule has 7 rings (SSSR count). The molecule has 0 amide bonds. The van der Waals surface area contributed by atoms with Crippen LogP contribution in [0.25, 0.3) is 66.9 Å². The van der Waals surface area contributed by atoms with E-state index >= 15 is 0 Å². The molecular weight excluding hydrogens is 384 g/mol. The van der Waals surface area contributed by atoms with Crippen LogP contribution in [0.2, 0.25) is 0 Å². The van der Waals surface area contributed by atoms with Crippen molar-refractivity contribution in [1.29, 1.82) is 0 Å². The first-order valence-corrected chi connectivity index (χ1v) is 9.35. The number of aliphatic hydroxyl groups is 4. The molecule has 5 aromatic carbocycles. The minimum absolute atomic E-state index is 0.337. The summed E-state index contributed by atoms with van der Waals surface area (Å²) in [5.74, 6) is -1.35. The Morgan fingerprint density at radius 3 is 0.900 bits per heavy atom. The van der Waals surface area contributed by atoms with Gasteiger partial charge in [-0.15, -0.1) is 0 Å². The highest BCUT2D eigenvalue weighted by atomic mass is 16.7. The zero-order chi connectivity index (χ0) is 20.3. The zero-order valence-corrected chi connectivity index (χ0v) is 15.2. The van der Waals surface area contributed by atoms with E-state index in [1.54, 1.807) is 24.3 Å². The van der Waals surface area contributed by atoms with Crippen molar-refractivity contribution in [3.05, 3.63) is 69.4 Å². The van der Waals surface area contributed by atoms with Gasteiger partial charge in [-0.3, -0.25) is 0 Å². The molecule has 0 unspecified atom stereocenters. The monoisotopic (exact) mass is 396 g/mol. The van der Waals surface area contributed by atoms with Gasteiger partial charge in [0.1, 0.15) is 0 Å². The maximum Gasteiger partial charge on any atom is 0.292 e. The van der Waals surface area contributed by atoms with Crippen LogP contribution < -0.4 is 20.9 Å². The van der Waals surface area contributed by atoms with Gasteiger partial charge in [0.05, 0.1) is 20.9 Å². The molecule has 144 valence electrons. The second-order valence-electron chi connectivity index (χ2n) is 7.57. The number of ether oxygens (including phenoxy) is 2. The van der Waals surface area contributed by atoms with E-state index in [0.717, 1.165) is 43.1 Å². The summed E-state index contributed by atoms with van der Waals surface area (Å²) in [6.45, 7) is 0. The molecule has 0 bridgehead atoms. The molecular formula is C24H12O6. The topological polar surface area (TPSA) is 99.4 Å². The largest absolute Gasteiger partial charge is 0.480 e. The van der Waals surface area contributed by atoms with E-state index in [2.05, 4.69) is 0 Å². The standard InChI is InChI=1S/C24H12O6/c25-21-13-5-1-9-10-2-6-15-20-16(24(28)30-23(15)27)8-4-12(18(10)20)11-3-7-14(22(26)29-21)19(13)17(9)11/h1-8,25-28H. The first-order chi connectivity index (χ1) is 14.5. The Labute approximate surface area is 166 Å². The van der Waals surface area contributed by atoms with Crippen molar-refractivity contribution in [2.75, 3.05) is 0 Å². The summed E-state index contributed by atoms with van der Waals surface area (Å²) < 4.78 is 10.2. The van der Waals surface area contributed by atoms with Gasteiger partial charge in [-0.25, -0.2) is 0 Å². The second-order valence-corrected chi connectivity index (χ2v) is 7.57. The number of fused-ring (bicyclic) bond motifs is 2. The number of hydrogen-bond donors (Lipinski definition) is 4. The van der Waals surface area contributed by atoms with E-state index in [4.69, 9.17) is 9.47 Å². The Kier molecular flexibility index (Phi) is 2.50. The normalized spacial score (nSPS) is 15.5. The Bertz CT molecular complexity index is 1610. The van der Waals surface area contributed by atoms with Gasteiger partial charge in [0.15, 0.2) is 0 Å². The summed E-state index contributed by atoms with van der Waals surface area (Å²) in [4.78, 5) is 0. The summed E-state index contributed by atoms with van der Waals surface area (Å²) in [6, 6.07) is 14.7. The Hall–Kier alpha value is -4.32. The van der Waals surface area contributed by atoms with Gasteiger partial charge in [0, 0.05) is 10.8 Å². The van der Waals surface area contributed by atoms with Crippen molar-refractivity contribution in [3.63, 3.8) is 0 Å². The summed E-state index contributed by atoms with van der Waals surface area (Å²) in [5.41, 5.74) is 0. The van der Waals surface area contributed by atoms with Gasteiger partial charge >= 0.3 is 0 Å². The molecule has 2 aliphatic rings. The second kappa shape index (κ2) is 4.80. The summed E-state index contributed by atoms with van der Waals surface area (Å²) in [7, 11) is 0. The molecule has 6 nitrogen and oxygen atoms in total. The molecule has 0 radical (unpaired) electrons. The third-order valence-electron chi connectivity index (χ3n) is 6.21. The van der Waals surface area contributed by atoms with Gasteiger partial charge in [0.2, 0.25) is 0 Å². The van der Waals surface area contributed by atoms with E-state index in [1.165, 1.54) is 0 Å². The minimum atomic E-state index is -0.337. The average Bonchev–Trinajstić information content (AvgIpc) is 2.74. The quantitative estimate of drug-likeness (QED) is 0.237. The molecule has 4 N–H and O–H groups in total. The lowest BCUT2D eigenvalue weighted by Gasteiger charge is -2.19. The van der Waals surface area contributed by atoms with Crippen molar-refractivity contribution in [1.82, 2.24) is 0 Å². The van der Waals surface area contributed by atoms with Gasteiger partial charge in [-0.1, -0.05) is 24.3 Å². The van der Waals surface area contributed by atoms with Gasteiger partial charge in [-0.05, 0) is 56.6 Å². The van der Waals surface area contributed by atoms with Gasteiger partial charge in [-0.2, -0.15) is 0 Å². The lowest BCUT2D eigenvalue weighted by molar-refractivity contribution is 0.205. The van der Waals surface area contributed by atoms with Crippen molar-refractivity contribution < 1.29 is 29.9 Å². The SMILES string of the molecule is OC1=c2ccc3c4ccc5c6c(ccc(c7ccc(c2c37)=C(O)O1)c64)=C(O)OC=5O. The van der Waals surface area contributed by atoms with Crippen molar-refractivity contribution in [2.45, 2.75) is 0 Å². The van der Waals surface area contributed by atoms with Crippen molar-refractivity contribution in [2.24, 2.45) is 0 Å². The number of rotatable bonds is 0. The summed E-state index contributed by atoms with van der Waals surface area (Å²) in [5, 5.41) is 50.1. The van der Waals surface area contributed by atoms with E-state index in [9.17, 15) is 20.4 Å². The molecule has 0 aromatic heterocycles. The van der Waals surface area contributed by atoms with Gasteiger partial charge in [0.25, 0.3) is 23.8 Å². The van der Waals surface area contributed by atoms with E-state index < -0.39 is 0 Å². The van der Waals surface area contributed by atoms with E-state index in [0.29, 0.717) is 20.9 Å². The fourth-order valence-corrected chi connectivity index (χ4v) is 5.00. The van der Waals surface area contributed by atoms with Crippen LogP contribution in [0.15, 0.2) is 48.5 Å². The number of aliphatic hydroxyl groups excluding tert-OH is 4. The van der Waals surface area contributed by atoms with Crippen LogP contribution in [0.5, 0.6) is 0 Å². The smallest absolute Gasteiger partial charge is 0.292 e. The highest BCUT2D eigenvalue weighted by molar-refractivity contribution is 6.33. The fourth-order valence-electron chi connectivity index (χ4n) is 5.00. The van der Waals surface area contributed by atoms with Crippen LogP contribution in [0.4, 0.5) is 0 Å². The Balaban J connectivity index is 1.92. The molecule has 30 heavy (non-hydrogen) atoms. The molecule has 5 aromatic rings. The molecule has 0 fully saturated rings. The molecule has 0 saturated carbocycles. The first kappa shape index (κ1) is 15.6. The van der Waals surface area contributed by atoms with E-state index in [1.807, 2.05) is 24.3 Å². The zero-order valence-electron chi connectivity index (χ0n) is 15.2. The Morgan fingerprint density at radius 1 is 0.367 bits per heavy atom. The maximum atomic E-state index is 10.3. The lowest BCUT2D eigenvalue weighted by Crippen LogP contribution is -2.26. The van der Waals surface area contributed by atoms with Crippen LogP contribution in [0.1, 0.15) is 0 Å². The van der Waals surface area contributed by atoms with Crippen LogP contribution in [-0.2, 0) is 9.47 Å². The van der Waals surface area contributed by atoms with Crippen molar-refractivity contribution >= 4 is 66.9 Å². The molecule has 2 aliphatic heterocycles. The number of hydrogen-bond acceptors (Lipinski definition) is 6. The molecule has 0 aliphatic carbocycles. The maximum absolute atomic E-state index is 10.3. The minimum Gasteiger partial charge on any atom is -0.480 e. The lowest BCUT2D eigenvalue weighted by atomic mass is 9.87. The van der Waals surface area contributed by atoms with Crippen LogP contribution >= 0.6 is 0 Å². The summed E-state index contributed by atoms with van der Waals surface area (Å²) >= 11 is 0. The predicted octanol–water partition coefficient (Wildman–Crippen LogP) is 2.29. The molecule has 0 atom stereocenters. The van der Waals surface area contributed by atoms with E-state index in [-0.39, 0.29) is 23.8 Å². The van der Waals surface area contributed by atoms with Crippen LogP contribution in [0, 0.1) is 0 Å². The third kappa shape index (κ3) is 1.58. The highest BCUT2D eigenvalue weighted by Gasteiger charge is 2.22. The molecule has 2 heterocycles. The van der Waals surface area contributed by atoms with Crippen LogP contribution in [-0.4, -0.2) is 20.4 Å². The third-order valence-corrected chi connectivity index (χ3v) is 6.21. The van der Waals surface area contributed by atoms with Gasteiger partial charge < -0.3 is 29.9 Å². The molecule has 6 heteroatoms. The fraction of sp³-hybridized carbons (Fsp3) is 0. The average molecular weight is 396 g/mol. The number of benzene rings is 5. The molecule has 0 saturated heterocycles. The Morgan fingerprint density at radius 2 is 0.633 bits per heavy atom. The first-order valence-electron chi connectivity index (χ1n) is 9.35.